The normalized spacial score (nSPS) is 13.0. The van der Waals surface area contributed by atoms with Gasteiger partial charge in [0.15, 0.2) is 0 Å². The number of rotatable bonds is 3. The molecule has 0 N–H and O–H groups in total. The van der Waals surface area contributed by atoms with Crippen molar-refractivity contribution in [2.75, 3.05) is 7.11 Å². The third-order valence-corrected chi connectivity index (χ3v) is 3.63. The zero-order chi connectivity index (χ0) is 16.6. The summed E-state index contributed by atoms with van der Waals surface area (Å²) in [6, 6.07) is 10.5. The molecule has 2 aromatic carbocycles. The third-order valence-electron chi connectivity index (χ3n) is 3.32. The van der Waals surface area contributed by atoms with Crippen LogP contribution in [0.3, 0.4) is 0 Å². The minimum Gasteiger partial charge on any atom is -0.495 e. The summed E-state index contributed by atoms with van der Waals surface area (Å²) in [7, 11) is 1.40. The summed E-state index contributed by atoms with van der Waals surface area (Å²) in [5.41, 5.74) is 0.487. The molecule has 0 spiro atoms. The number of benzene rings is 2. The van der Waals surface area contributed by atoms with Gasteiger partial charge in [0.1, 0.15) is 5.75 Å². The average Bonchev–Trinajstić information content (AvgIpc) is 2.80. The molecule has 0 saturated heterocycles. The standard InChI is InChI=1S/C16H10ClNO5/c1-22-13-8-9(6-7-12(13)17)16(21)23-18-14(19)10-4-2-3-5-11(10)15(18)20/h2-8H,1H3. The summed E-state index contributed by atoms with van der Waals surface area (Å²) < 4.78 is 5.01. The maximum absolute atomic E-state index is 12.2. The molecule has 0 bridgehead atoms. The molecule has 6 nitrogen and oxygen atoms in total. The Balaban J connectivity index is 1.84. The summed E-state index contributed by atoms with van der Waals surface area (Å²) in [5, 5.41) is 0.776. The molecule has 0 radical (unpaired) electrons. The molecule has 1 aliphatic rings. The van der Waals surface area contributed by atoms with Crippen molar-refractivity contribution in [1.29, 1.82) is 0 Å². The van der Waals surface area contributed by atoms with Gasteiger partial charge in [-0.1, -0.05) is 28.8 Å². The highest BCUT2D eigenvalue weighted by atomic mass is 35.5. The number of carbonyl (C=O) groups is 3. The second-order valence-corrected chi connectivity index (χ2v) is 5.09. The van der Waals surface area contributed by atoms with Crippen molar-refractivity contribution in [2.45, 2.75) is 0 Å². The zero-order valence-corrected chi connectivity index (χ0v) is 12.7. The van der Waals surface area contributed by atoms with E-state index in [2.05, 4.69) is 0 Å². The largest absolute Gasteiger partial charge is 0.495 e. The molecule has 0 aromatic heterocycles. The number of hydrogen-bond donors (Lipinski definition) is 0. The molecular weight excluding hydrogens is 322 g/mol. The molecule has 0 aliphatic carbocycles. The average molecular weight is 332 g/mol. The van der Waals surface area contributed by atoms with Crippen LogP contribution in [0.5, 0.6) is 5.75 Å². The summed E-state index contributed by atoms with van der Waals surface area (Å²) in [6.07, 6.45) is 0. The van der Waals surface area contributed by atoms with Crippen molar-refractivity contribution in [1.82, 2.24) is 5.06 Å². The van der Waals surface area contributed by atoms with E-state index >= 15 is 0 Å². The molecule has 0 fully saturated rings. The fraction of sp³-hybridized carbons (Fsp3) is 0.0625. The van der Waals surface area contributed by atoms with E-state index in [4.69, 9.17) is 21.2 Å². The van der Waals surface area contributed by atoms with Crippen LogP contribution in [0.2, 0.25) is 5.02 Å². The van der Waals surface area contributed by atoms with Crippen LogP contribution in [-0.4, -0.2) is 30.0 Å². The Labute approximate surface area is 136 Å². The van der Waals surface area contributed by atoms with Crippen LogP contribution in [0.15, 0.2) is 42.5 Å². The second-order valence-electron chi connectivity index (χ2n) is 4.68. The van der Waals surface area contributed by atoms with Gasteiger partial charge >= 0.3 is 5.97 Å². The number of nitrogens with zero attached hydrogens (tertiary/aromatic N) is 1. The maximum atomic E-state index is 12.2. The van der Waals surface area contributed by atoms with Crippen molar-refractivity contribution < 1.29 is 24.0 Å². The topological polar surface area (TPSA) is 72.9 Å². The van der Waals surface area contributed by atoms with Crippen molar-refractivity contribution in [2.24, 2.45) is 0 Å². The zero-order valence-electron chi connectivity index (χ0n) is 11.9. The number of ether oxygens (including phenoxy) is 1. The van der Waals surface area contributed by atoms with Gasteiger partial charge in [-0.25, -0.2) is 4.79 Å². The molecule has 0 atom stereocenters. The summed E-state index contributed by atoms with van der Waals surface area (Å²) >= 11 is 5.88. The Kier molecular flexibility index (Phi) is 3.75. The maximum Gasteiger partial charge on any atom is 0.364 e. The number of halogens is 1. The quantitative estimate of drug-likeness (QED) is 0.808. The first-order valence-electron chi connectivity index (χ1n) is 6.56. The fourth-order valence-corrected chi connectivity index (χ4v) is 2.37. The molecule has 2 aromatic rings. The van der Waals surface area contributed by atoms with Gasteiger partial charge in [0, 0.05) is 0 Å². The van der Waals surface area contributed by atoms with Crippen LogP contribution in [0.25, 0.3) is 0 Å². The highest BCUT2D eigenvalue weighted by Gasteiger charge is 2.38. The molecule has 0 unspecified atom stereocenters. The first-order valence-corrected chi connectivity index (χ1v) is 6.94. The molecule has 23 heavy (non-hydrogen) atoms. The fourth-order valence-electron chi connectivity index (χ4n) is 2.17. The van der Waals surface area contributed by atoms with E-state index in [1.807, 2.05) is 0 Å². The lowest BCUT2D eigenvalue weighted by Gasteiger charge is -2.13. The van der Waals surface area contributed by atoms with Gasteiger partial charge in [0.25, 0.3) is 11.8 Å². The van der Waals surface area contributed by atoms with Crippen LogP contribution in [0, 0.1) is 0 Å². The van der Waals surface area contributed by atoms with Crippen molar-refractivity contribution in [3.8, 4) is 5.75 Å². The van der Waals surface area contributed by atoms with Crippen molar-refractivity contribution in [3.05, 3.63) is 64.2 Å². The van der Waals surface area contributed by atoms with Gasteiger partial charge < -0.3 is 9.57 Å². The second kappa shape index (κ2) is 5.73. The highest BCUT2D eigenvalue weighted by molar-refractivity contribution is 6.32. The van der Waals surface area contributed by atoms with Gasteiger partial charge in [-0.3, -0.25) is 9.59 Å². The van der Waals surface area contributed by atoms with Crippen LogP contribution < -0.4 is 4.74 Å². The van der Waals surface area contributed by atoms with E-state index in [0.717, 1.165) is 0 Å². The lowest BCUT2D eigenvalue weighted by Crippen LogP contribution is -2.32. The van der Waals surface area contributed by atoms with E-state index in [0.29, 0.717) is 10.1 Å². The van der Waals surface area contributed by atoms with Crippen LogP contribution in [0.1, 0.15) is 31.1 Å². The number of imide groups is 1. The van der Waals surface area contributed by atoms with Crippen LogP contribution >= 0.6 is 11.6 Å². The number of hydrogen-bond acceptors (Lipinski definition) is 5. The number of amides is 2. The van der Waals surface area contributed by atoms with E-state index in [9.17, 15) is 14.4 Å². The Morgan fingerprint density at radius 3 is 2.22 bits per heavy atom. The van der Waals surface area contributed by atoms with E-state index in [-0.39, 0.29) is 22.4 Å². The first kappa shape index (κ1) is 15.1. The molecule has 1 aliphatic heterocycles. The smallest absolute Gasteiger partial charge is 0.364 e. The Morgan fingerprint density at radius 2 is 1.65 bits per heavy atom. The Hall–Kier alpha value is -2.86. The monoisotopic (exact) mass is 331 g/mol. The van der Waals surface area contributed by atoms with E-state index in [1.165, 1.54) is 37.4 Å². The lowest BCUT2D eigenvalue weighted by atomic mass is 10.1. The van der Waals surface area contributed by atoms with Crippen molar-refractivity contribution >= 4 is 29.4 Å². The SMILES string of the molecule is COc1cc(C(=O)ON2C(=O)c3ccccc3C2=O)ccc1Cl. The van der Waals surface area contributed by atoms with Gasteiger partial charge in [0.05, 0.1) is 28.8 Å². The minimum atomic E-state index is -0.866. The van der Waals surface area contributed by atoms with Gasteiger partial charge in [-0.05, 0) is 30.3 Å². The highest BCUT2D eigenvalue weighted by Crippen LogP contribution is 2.27. The minimum absolute atomic E-state index is 0.0998. The number of carbonyl (C=O) groups excluding carboxylic acids is 3. The molecule has 7 heteroatoms. The molecule has 3 rings (SSSR count). The van der Waals surface area contributed by atoms with Gasteiger partial charge in [-0.2, -0.15) is 0 Å². The molecule has 0 saturated carbocycles. The summed E-state index contributed by atoms with van der Waals surface area (Å²) in [6.45, 7) is 0. The van der Waals surface area contributed by atoms with E-state index < -0.39 is 17.8 Å². The summed E-state index contributed by atoms with van der Waals surface area (Å²) in [5.74, 6) is -1.95. The Morgan fingerprint density at radius 1 is 1.04 bits per heavy atom. The van der Waals surface area contributed by atoms with Gasteiger partial charge in [-0.15, -0.1) is 0 Å². The first-order chi connectivity index (χ1) is 11.0. The van der Waals surface area contributed by atoms with E-state index in [1.54, 1.807) is 12.1 Å². The number of methoxy groups -OCH3 is 1. The molecule has 116 valence electrons. The van der Waals surface area contributed by atoms with Gasteiger partial charge in [0.2, 0.25) is 0 Å². The lowest BCUT2D eigenvalue weighted by molar-refractivity contribution is -0.0584. The molecule has 2 amide bonds. The predicted octanol–water partition coefficient (Wildman–Crippen LogP) is 2.72. The third kappa shape index (κ3) is 2.53. The van der Waals surface area contributed by atoms with Crippen molar-refractivity contribution in [3.63, 3.8) is 0 Å². The predicted molar refractivity (Wildman–Crippen MR) is 80.4 cm³/mol. The number of fused-ring (bicyclic) bond motifs is 1. The number of hydroxylamine groups is 2. The Bertz CT molecular complexity index is 798. The summed E-state index contributed by atoms with van der Waals surface area (Å²) in [4.78, 5) is 41.4. The molecule has 1 heterocycles. The van der Waals surface area contributed by atoms with Crippen LogP contribution in [0.4, 0.5) is 0 Å². The van der Waals surface area contributed by atoms with Crippen LogP contribution in [-0.2, 0) is 4.84 Å². The molecular formula is C16H10ClNO5.